The molecule has 178 valence electrons. The summed E-state index contributed by atoms with van der Waals surface area (Å²) in [6.07, 6.45) is 0. The Bertz CT molecular complexity index is 1190. The molecule has 4 heteroatoms. The highest BCUT2D eigenvalue weighted by Crippen LogP contribution is 2.55. The number of benzene rings is 5. The molecule has 0 aliphatic heterocycles. The zero-order valence-electron chi connectivity index (χ0n) is 20.3. The molecule has 0 unspecified atom stereocenters. The van der Waals surface area contributed by atoms with Crippen LogP contribution in [0.15, 0.2) is 146 Å². The molecule has 0 bridgehead atoms. The Hall–Kier alpha value is -3.28. The van der Waals surface area contributed by atoms with Crippen LogP contribution in [0, 0.1) is 0 Å². The van der Waals surface area contributed by atoms with Gasteiger partial charge in [-0.2, -0.15) is 0 Å². The molecule has 36 heavy (non-hydrogen) atoms. The highest BCUT2D eigenvalue weighted by molar-refractivity contribution is 7.84. The van der Waals surface area contributed by atoms with E-state index in [0.29, 0.717) is 0 Å². The summed E-state index contributed by atoms with van der Waals surface area (Å²) >= 11 is 0. The average molecular weight is 506 g/mol. The lowest BCUT2D eigenvalue weighted by Gasteiger charge is -2.39. The molecule has 0 aliphatic carbocycles. The van der Waals surface area contributed by atoms with Gasteiger partial charge >= 0.3 is 0 Å². The van der Waals surface area contributed by atoms with Crippen molar-refractivity contribution in [3.8, 4) is 5.75 Å². The van der Waals surface area contributed by atoms with E-state index in [1.165, 1.54) is 26.8 Å². The van der Waals surface area contributed by atoms with Gasteiger partial charge in [0, 0.05) is 28.3 Å². The molecule has 0 fully saturated rings. The van der Waals surface area contributed by atoms with E-state index in [0.717, 1.165) is 12.3 Å². The van der Waals surface area contributed by atoms with Gasteiger partial charge in [0.1, 0.15) is 5.75 Å². The first kappa shape index (κ1) is 24.4. The molecule has 0 amide bonds. The molecule has 0 atom stereocenters. The van der Waals surface area contributed by atoms with E-state index in [1.54, 1.807) is 7.11 Å². The first-order chi connectivity index (χ1) is 17.8. The molecular weight excluding hydrogens is 476 g/mol. The molecule has 5 aromatic rings. The largest absolute Gasteiger partial charge is 0.496 e. The lowest BCUT2D eigenvalue weighted by atomic mass is 10.2. The van der Waals surface area contributed by atoms with Crippen molar-refractivity contribution < 1.29 is 4.74 Å². The van der Waals surface area contributed by atoms with Crippen molar-refractivity contribution >= 4 is 37.4 Å². The van der Waals surface area contributed by atoms with Crippen LogP contribution in [0.5, 0.6) is 5.75 Å². The number of hydrogen-bond donors (Lipinski definition) is 0. The monoisotopic (exact) mass is 505 g/mol. The van der Waals surface area contributed by atoms with Crippen LogP contribution in [0.2, 0.25) is 0 Å². The van der Waals surface area contributed by atoms with Gasteiger partial charge < -0.3 is 4.74 Å². The predicted octanol–water partition coefficient (Wildman–Crippen LogP) is 6.59. The zero-order valence-corrected chi connectivity index (χ0v) is 22.1. The molecule has 0 saturated carbocycles. The SMILES string of the molecule is COc1ccccc1CN(P(c1ccccc1)c1ccccc1)P(c1ccccc1)c1ccccc1. The minimum absolute atomic E-state index is 0.773. The molecule has 0 heterocycles. The van der Waals surface area contributed by atoms with Crippen molar-refractivity contribution in [2.75, 3.05) is 7.11 Å². The van der Waals surface area contributed by atoms with Gasteiger partial charge in [-0.15, -0.1) is 0 Å². The first-order valence-corrected chi connectivity index (χ1v) is 14.6. The number of para-hydroxylation sites is 1. The Balaban J connectivity index is 1.75. The molecule has 0 aliphatic rings. The van der Waals surface area contributed by atoms with Gasteiger partial charge in [0.25, 0.3) is 0 Å². The quantitative estimate of drug-likeness (QED) is 0.210. The standard InChI is InChI=1S/C32H29NOP2/c1-34-32-25-15-14-16-27(32)26-33(35(28-17-6-2-7-18-28)29-19-8-3-9-20-29)36(30-21-10-4-11-22-30)31-23-12-5-13-24-31/h2-25H,26H2,1H3. The van der Waals surface area contributed by atoms with Gasteiger partial charge in [0.05, 0.1) is 7.11 Å². The summed E-state index contributed by atoms with van der Waals surface area (Å²) in [6.45, 7) is 0.773. The molecule has 2 nitrogen and oxygen atoms in total. The van der Waals surface area contributed by atoms with Crippen LogP contribution >= 0.6 is 16.1 Å². The first-order valence-electron chi connectivity index (χ1n) is 12.0. The molecule has 5 aromatic carbocycles. The van der Waals surface area contributed by atoms with E-state index in [9.17, 15) is 0 Å². The maximum Gasteiger partial charge on any atom is 0.123 e. The maximum absolute atomic E-state index is 5.82. The second-order valence-electron chi connectivity index (χ2n) is 8.31. The summed E-state index contributed by atoms with van der Waals surface area (Å²) in [6, 6.07) is 52.3. The Morgan fingerprint density at radius 1 is 0.472 bits per heavy atom. The fourth-order valence-electron chi connectivity index (χ4n) is 4.32. The van der Waals surface area contributed by atoms with Gasteiger partial charge in [0.2, 0.25) is 0 Å². The summed E-state index contributed by atoms with van der Waals surface area (Å²) < 4.78 is 8.55. The Kier molecular flexibility index (Phi) is 8.21. The number of methoxy groups -OCH3 is 1. The van der Waals surface area contributed by atoms with Gasteiger partial charge in [-0.1, -0.05) is 140 Å². The van der Waals surface area contributed by atoms with Gasteiger partial charge in [-0.25, -0.2) is 4.44 Å². The van der Waals surface area contributed by atoms with Crippen LogP contribution in [0.3, 0.4) is 0 Å². The van der Waals surface area contributed by atoms with Crippen molar-refractivity contribution in [1.29, 1.82) is 0 Å². The highest BCUT2D eigenvalue weighted by atomic mass is 31.2. The minimum Gasteiger partial charge on any atom is -0.496 e. The van der Waals surface area contributed by atoms with Gasteiger partial charge in [-0.05, 0) is 27.3 Å². The highest BCUT2D eigenvalue weighted by Gasteiger charge is 2.32. The smallest absolute Gasteiger partial charge is 0.123 e. The van der Waals surface area contributed by atoms with Crippen molar-refractivity contribution in [3.63, 3.8) is 0 Å². The fourth-order valence-corrected chi connectivity index (χ4v) is 10.3. The van der Waals surface area contributed by atoms with E-state index in [2.05, 4.69) is 144 Å². The summed E-state index contributed by atoms with van der Waals surface area (Å²) in [7, 11) is 0.0907. The van der Waals surface area contributed by atoms with Crippen LogP contribution in [0.1, 0.15) is 5.56 Å². The Labute approximate surface area is 216 Å². The summed E-state index contributed by atoms with van der Waals surface area (Å²) in [5.74, 6) is 0.926. The predicted molar refractivity (Wildman–Crippen MR) is 157 cm³/mol. The van der Waals surface area contributed by atoms with Crippen molar-refractivity contribution in [2.24, 2.45) is 0 Å². The van der Waals surface area contributed by atoms with Crippen LogP contribution < -0.4 is 26.0 Å². The normalized spacial score (nSPS) is 11.2. The molecule has 0 N–H and O–H groups in total. The third-order valence-electron chi connectivity index (χ3n) is 5.97. The Morgan fingerprint density at radius 3 is 1.17 bits per heavy atom. The molecule has 5 rings (SSSR count). The van der Waals surface area contributed by atoms with E-state index in [-0.39, 0.29) is 0 Å². The Morgan fingerprint density at radius 2 is 0.806 bits per heavy atom. The minimum atomic E-state index is -0.835. The second kappa shape index (κ2) is 12.1. The second-order valence-corrected chi connectivity index (χ2v) is 12.9. The van der Waals surface area contributed by atoms with Gasteiger partial charge in [0.15, 0.2) is 0 Å². The van der Waals surface area contributed by atoms with Crippen molar-refractivity contribution in [2.45, 2.75) is 6.54 Å². The third kappa shape index (κ3) is 5.58. The van der Waals surface area contributed by atoms with E-state index < -0.39 is 16.1 Å². The van der Waals surface area contributed by atoms with Crippen molar-refractivity contribution in [3.05, 3.63) is 151 Å². The number of nitrogens with zero attached hydrogens (tertiary/aromatic N) is 1. The van der Waals surface area contributed by atoms with Crippen LogP contribution in [-0.2, 0) is 6.54 Å². The number of hydrogen-bond acceptors (Lipinski definition) is 2. The van der Waals surface area contributed by atoms with Crippen molar-refractivity contribution in [1.82, 2.24) is 4.44 Å². The van der Waals surface area contributed by atoms with Crippen LogP contribution in [0.4, 0.5) is 0 Å². The number of ether oxygens (including phenoxy) is 1. The summed E-state index contributed by atoms with van der Waals surface area (Å²) in [4.78, 5) is 0. The average Bonchev–Trinajstić information content (AvgIpc) is 2.96. The lowest BCUT2D eigenvalue weighted by molar-refractivity contribution is 0.407. The molecule has 0 spiro atoms. The van der Waals surface area contributed by atoms with E-state index >= 15 is 0 Å². The van der Waals surface area contributed by atoms with Crippen LogP contribution in [-0.4, -0.2) is 11.6 Å². The molecule has 0 saturated heterocycles. The fraction of sp³-hybridized carbons (Fsp3) is 0.0625. The third-order valence-corrected chi connectivity index (χ3v) is 11.4. The number of rotatable bonds is 9. The molecule has 0 radical (unpaired) electrons. The van der Waals surface area contributed by atoms with E-state index in [4.69, 9.17) is 4.74 Å². The van der Waals surface area contributed by atoms with E-state index in [1.807, 2.05) is 6.07 Å². The maximum atomic E-state index is 5.82. The zero-order chi connectivity index (χ0) is 24.6. The molecular formula is C32H29NOP2. The van der Waals surface area contributed by atoms with Gasteiger partial charge in [-0.3, -0.25) is 0 Å². The molecule has 0 aromatic heterocycles. The van der Waals surface area contributed by atoms with Crippen LogP contribution in [0.25, 0.3) is 0 Å². The topological polar surface area (TPSA) is 12.5 Å². The summed E-state index contributed by atoms with van der Waals surface area (Å²) in [5, 5.41) is 5.36. The summed E-state index contributed by atoms with van der Waals surface area (Å²) in [5.41, 5.74) is 1.19. The lowest BCUT2D eigenvalue weighted by Crippen LogP contribution is -2.31.